The summed E-state index contributed by atoms with van der Waals surface area (Å²) >= 11 is 5.52. The van der Waals surface area contributed by atoms with Crippen LogP contribution in [0.5, 0.6) is 0 Å². The van der Waals surface area contributed by atoms with Gasteiger partial charge in [0.2, 0.25) is 0 Å². The fourth-order valence-corrected chi connectivity index (χ4v) is 3.11. The Hall–Kier alpha value is -1.15. The van der Waals surface area contributed by atoms with Crippen LogP contribution in [0.25, 0.3) is 0 Å². The molecule has 0 unspecified atom stereocenters. The van der Waals surface area contributed by atoms with Gasteiger partial charge in [-0.2, -0.15) is 0 Å². The van der Waals surface area contributed by atoms with Gasteiger partial charge in [0.15, 0.2) is 0 Å². The van der Waals surface area contributed by atoms with Crippen molar-refractivity contribution in [3.63, 3.8) is 0 Å². The first-order valence-corrected chi connectivity index (χ1v) is 7.25. The van der Waals surface area contributed by atoms with E-state index in [-0.39, 0.29) is 17.5 Å². The quantitative estimate of drug-likeness (QED) is 0.345. The standard InChI is InChI=1S/C11H14ClNO5S/c1-9(14)18-7-10-5-3-4-6-11(10)19(15,16)13(8-12)17-2/h3-6H,7-8H2,1-2H3. The lowest BCUT2D eigenvalue weighted by Crippen LogP contribution is -2.29. The molecular weight excluding hydrogens is 294 g/mol. The highest BCUT2D eigenvalue weighted by atomic mass is 35.5. The van der Waals surface area contributed by atoms with E-state index in [0.717, 1.165) is 0 Å². The van der Waals surface area contributed by atoms with Crippen LogP contribution in [0, 0.1) is 0 Å². The average molecular weight is 308 g/mol. The van der Waals surface area contributed by atoms with Crippen LogP contribution < -0.4 is 0 Å². The topological polar surface area (TPSA) is 72.9 Å². The molecule has 0 bridgehead atoms. The Morgan fingerprint density at radius 1 is 1.37 bits per heavy atom. The van der Waals surface area contributed by atoms with Gasteiger partial charge in [0.1, 0.15) is 12.6 Å². The lowest BCUT2D eigenvalue weighted by molar-refractivity contribution is -0.142. The average Bonchev–Trinajstić information content (AvgIpc) is 2.37. The van der Waals surface area contributed by atoms with Crippen molar-refractivity contribution in [2.45, 2.75) is 18.4 Å². The molecule has 0 aliphatic heterocycles. The molecule has 0 saturated carbocycles. The molecule has 0 saturated heterocycles. The number of carbonyl (C=O) groups excluding carboxylic acids is 1. The highest BCUT2D eigenvalue weighted by Crippen LogP contribution is 2.21. The van der Waals surface area contributed by atoms with Crippen LogP contribution in [-0.4, -0.2) is 32.0 Å². The maximum atomic E-state index is 12.2. The number of nitrogens with zero attached hydrogens (tertiary/aromatic N) is 1. The van der Waals surface area contributed by atoms with Crippen LogP contribution >= 0.6 is 11.6 Å². The maximum Gasteiger partial charge on any atom is 0.302 e. The number of hydrogen-bond donors (Lipinski definition) is 0. The molecule has 0 radical (unpaired) electrons. The van der Waals surface area contributed by atoms with Crippen molar-refractivity contribution in [3.8, 4) is 0 Å². The van der Waals surface area contributed by atoms with Gasteiger partial charge in [-0.15, -0.1) is 11.6 Å². The zero-order valence-electron chi connectivity index (χ0n) is 10.5. The molecule has 1 aromatic carbocycles. The molecule has 19 heavy (non-hydrogen) atoms. The predicted molar refractivity (Wildman–Crippen MR) is 68.7 cm³/mol. The molecule has 0 aromatic heterocycles. The zero-order valence-corrected chi connectivity index (χ0v) is 12.1. The fraction of sp³-hybridized carbons (Fsp3) is 0.364. The summed E-state index contributed by atoms with van der Waals surface area (Å²) in [5.74, 6) is -0.492. The van der Waals surface area contributed by atoms with E-state index in [4.69, 9.17) is 21.2 Å². The summed E-state index contributed by atoms with van der Waals surface area (Å²) in [5, 5.41) is 0. The molecule has 0 aliphatic rings. The molecule has 0 fully saturated rings. The van der Waals surface area contributed by atoms with Gasteiger partial charge in [0.25, 0.3) is 10.0 Å². The third-order valence-electron chi connectivity index (χ3n) is 2.25. The fourth-order valence-electron chi connectivity index (χ4n) is 1.37. The largest absolute Gasteiger partial charge is 0.461 e. The Balaban J connectivity index is 3.15. The first-order valence-electron chi connectivity index (χ1n) is 5.27. The Morgan fingerprint density at radius 3 is 2.53 bits per heavy atom. The Labute approximate surface area is 116 Å². The van der Waals surface area contributed by atoms with Crippen LogP contribution in [0.1, 0.15) is 12.5 Å². The monoisotopic (exact) mass is 307 g/mol. The minimum absolute atomic E-state index is 0.0150. The molecule has 0 N–H and O–H groups in total. The molecular formula is C11H14ClNO5S. The minimum atomic E-state index is -3.89. The number of ether oxygens (including phenoxy) is 1. The summed E-state index contributed by atoms with van der Waals surface area (Å²) in [6, 6.07) is 5.81. The molecule has 1 aromatic rings. The lowest BCUT2D eigenvalue weighted by Gasteiger charge is -2.18. The SMILES string of the molecule is CON(CCl)S(=O)(=O)c1ccccc1COC(C)=O. The molecule has 0 heterocycles. The van der Waals surface area contributed by atoms with Crippen molar-refractivity contribution in [1.82, 2.24) is 4.47 Å². The lowest BCUT2D eigenvalue weighted by atomic mass is 10.2. The number of halogens is 1. The second-order valence-corrected chi connectivity index (χ2v) is 5.53. The predicted octanol–water partition coefficient (Wildman–Crippen LogP) is 1.50. The van der Waals surface area contributed by atoms with Crippen molar-refractivity contribution >= 4 is 27.6 Å². The van der Waals surface area contributed by atoms with E-state index in [0.29, 0.717) is 10.0 Å². The molecule has 0 aliphatic carbocycles. The van der Waals surface area contributed by atoms with Gasteiger partial charge in [-0.25, -0.2) is 8.42 Å². The highest BCUT2D eigenvalue weighted by molar-refractivity contribution is 7.89. The van der Waals surface area contributed by atoms with E-state index >= 15 is 0 Å². The Bertz CT molecular complexity index is 542. The van der Waals surface area contributed by atoms with Crippen molar-refractivity contribution in [2.24, 2.45) is 0 Å². The van der Waals surface area contributed by atoms with Gasteiger partial charge in [-0.1, -0.05) is 22.7 Å². The summed E-state index contributed by atoms with van der Waals surface area (Å²) in [6.45, 7) is 1.11. The van der Waals surface area contributed by atoms with E-state index < -0.39 is 16.0 Å². The van der Waals surface area contributed by atoms with Gasteiger partial charge in [0, 0.05) is 12.5 Å². The van der Waals surface area contributed by atoms with Crippen molar-refractivity contribution in [2.75, 3.05) is 13.1 Å². The number of hydrogen-bond acceptors (Lipinski definition) is 5. The maximum absolute atomic E-state index is 12.2. The van der Waals surface area contributed by atoms with E-state index in [1.54, 1.807) is 18.2 Å². The number of hydroxylamine groups is 1. The molecule has 8 heteroatoms. The second kappa shape index (κ2) is 6.85. The Morgan fingerprint density at radius 2 is 2.00 bits per heavy atom. The molecule has 0 amide bonds. The number of rotatable bonds is 6. The second-order valence-electron chi connectivity index (χ2n) is 3.50. The van der Waals surface area contributed by atoms with Gasteiger partial charge in [-0.3, -0.25) is 9.63 Å². The van der Waals surface area contributed by atoms with Gasteiger partial charge >= 0.3 is 5.97 Å². The number of benzene rings is 1. The van der Waals surface area contributed by atoms with Crippen molar-refractivity contribution in [1.29, 1.82) is 0 Å². The number of carbonyl (C=O) groups is 1. The molecule has 0 atom stereocenters. The number of sulfonamides is 1. The molecule has 0 spiro atoms. The first-order chi connectivity index (χ1) is 8.93. The van der Waals surface area contributed by atoms with Gasteiger partial charge in [0.05, 0.1) is 12.0 Å². The van der Waals surface area contributed by atoms with Crippen molar-refractivity contribution < 1.29 is 22.8 Å². The summed E-state index contributed by atoms with van der Waals surface area (Å²) in [7, 11) is -2.69. The van der Waals surface area contributed by atoms with E-state index in [2.05, 4.69) is 0 Å². The van der Waals surface area contributed by atoms with E-state index in [9.17, 15) is 13.2 Å². The van der Waals surface area contributed by atoms with E-state index in [1.807, 2.05) is 0 Å². The smallest absolute Gasteiger partial charge is 0.302 e. The third-order valence-corrected chi connectivity index (χ3v) is 4.38. The molecule has 6 nitrogen and oxygen atoms in total. The highest BCUT2D eigenvalue weighted by Gasteiger charge is 2.26. The van der Waals surface area contributed by atoms with Crippen LogP contribution in [0.15, 0.2) is 29.2 Å². The molecule has 106 valence electrons. The number of esters is 1. The first kappa shape index (κ1) is 15.9. The normalized spacial score (nSPS) is 11.6. The van der Waals surface area contributed by atoms with Crippen molar-refractivity contribution in [3.05, 3.63) is 29.8 Å². The Kier molecular flexibility index (Phi) is 5.74. The number of alkyl halides is 1. The van der Waals surface area contributed by atoms with Crippen LogP contribution in [0.3, 0.4) is 0 Å². The van der Waals surface area contributed by atoms with E-state index in [1.165, 1.54) is 20.1 Å². The van der Waals surface area contributed by atoms with Crippen LogP contribution in [0.2, 0.25) is 0 Å². The third kappa shape index (κ3) is 3.90. The summed E-state index contributed by atoms with van der Waals surface area (Å²) in [5.41, 5.74) is 0.352. The van der Waals surface area contributed by atoms with Crippen LogP contribution in [-0.2, 0) is 31.0 Å². The van der Waals surface area contributed by atoms with Gasteiger partial charge < -0.3 is 4.74 Å². The molecule has 1 rings (SSSR count). The van der Waals surface area contributed by atoms with Crippen LogP contribution in [0.4, 0.5) is 0 Å². The van der Waals surface area contributed by atoms with Gasteiger partial charge in [-0.05, 0) is 6.07 Å². The zero-order chi connectivity index (χ0) is 14.5. The summed E-state index contributed by atoms with van der Waals surface area (Å²) < 4.78 is 29.9. The minimum Gasteiger partial charge on any atom is -0.461 e. The summed E-state index contributed by atoms with van der Waals surface area (Å²) in [6.07, 6.45) is 0. The summed E-state index contributed by atoms with van der Waals surface area (Å²) in [4.78, 5) is 15.5.